The fraction of sp³-hybridized carbons (Fsp3) is 0.467. The van der Waals surface area contributed by atoms with E-state index in [1.165, 1.54) is 30.2 Å². The maximum absolute atomic E-state index is 10.4. The lowest BCUT2D eigenvalue weighted by Crippen LogP contribution is -2.24. The van der Waals surface area contributed by atoms with Gasteiger partial charge in [-0.25, -0.2) is 10.2 Å². The molecule has 1 rings (SSSR count). The molecule has 0 bridgehead atoms. The summed E-state index contributed by atoms with van der Waals surface area (Å²) < 4.78 is 0. The van der Waals surface area contributed by atoms with Crippen LogP contribution in [0.15, 0.2) is 39.5 Å². The number of rotatable bonds is 4. The number of urea groups is 1. The number of allylic oxidation sites excluding steroid dienone is 6. The molecular weight excluding hydrogens is 274 g/mol. The van der Waals surface area contributed by atoms with Crippen LogP contribution in [0, 0.1) is 5.41 Å². The van der Waals surface area contributed by atoms with Crippen molar-refractivity contribution in [1.29, 1.82) is 0 Å². The Bertz CT molecular complexity index is 487. The number of nitrogens with two attached hydrogens (primary N) is 1. The molecule has 0 saturated heterocycles. The lowest BCUT2D eigenvalue weighted by molar-refractivity contribution is 0.249. The molecule has 0 aromatic carbocycles. The Kier molecular flexibility index (Phi) is 6.02. The zero-order valence-corrected chi connectivity index (χ0v) is 13.0. The molecule has 0 heterocycles. The highest BCUT2D eigenvalue weighted by molar-refractivity contribution is 6.32. The van der Waals surface area contributed by atoms with Gasteiger partial charge in [0, 0.05) is 11.2 Å². The smallest absolute Gasteiger partial charge is 0.332 e. The van der Waals surface area contributed by atoms with Crippen molar-refractivity contribution in [3.8, 4) is 0 Å². The minimum atomic E-state index is -0.703. The number of hydrogen-bond donors (Lipinski definition) is 2. The molecule has 0 saturated carbocycles. The van der Waals surface area contributed by atoms with Gasteiger partial charge in [0.25, 0.3) is 0 Å². The average molecular weight is 296 g/mol. The zero-order chi connectivity index (χ0) is 15.2. The third-order valence-corrected chi connectivity index (χ3v) is 3.69. The van der Waals surface area contributed by atoms with Gasteiger partial charge < -0.3 is 5.73 Å². The highest BCUT2D eigenvalue weighted by atomic mass is 35.5. The number of halogens is 1. The number of carbonyl (C=O) groups is 1. The lowest BCUT2D eigenvalue weighted by Gasteiger charge is -2.32. The maximum Gasteiger partial charge on any atom is 0.332 e. The molecule has 1 aliphatic carbocycles. The van der Waals surface area contributed by atoms with Gasteiger partial charge in [-0.2, -0.15) is 5.10 Å². The van der Waals surface area contributed by atoms with E-state index in [4.69, 9.17) is 17.3 Å². The van der Waals surface area contributed by atoms with Crippen molar-refractivity contribution in [2.75, 3.05) is 0 Å². The Morgan fingerprint density at radius 2 is 2.20 bits per heavy atom. The molecule has 0 aromatic heterocycles. The van der Waals surface area contributed by atoms with E-state index in [1.807, 2.05) is 6.08 Å². The SMILES string of the molecule is CC1=C(/C=C/C(Cl)=C/C=N/NC(N)=O)C(C)(C)CCC1. The molecule has 0 unspecified atom stereocenters. The van der Waals surface area contributed by atoms with Crippen LogP contribution in [0.4, 0.5) is 4.79 Å². The monoisotopic (exact) mass is 295 g/mol. The number of amides is 2. The lowest BCUT2D eigenvalue weighted by atomic mass is 9.73. The number of nitrogens with zero attached hydrogens (tertiary/aromatic N) is 1. The van der Waals surface area contributed by atoms with Crippen LogP contribution < -0.4 is 11.2 Å². The standard InChI is InChI=1S/C15H22ClN3O/c1-11-5-4-9-15(2,3)13(11)7-6-12(16)8-10-18-19-14(17)20/h6-8,10H,4-5,9H2,1-3H3,(H3,17,19,20)/b7-6+,12-8-,18-10+. The summed E-state index contributed by atoms with van der Waals surface area (Å²) in [7, 11) is 0. The van der Waals surface area contributed by atoms with E-state index in [0.29, 0.717) is 5.03 Å². The van der Waals surface area contributed by atoms with Crippen molar-refractivity contribution in [2.45, 2.75) is 40.0 Å². The number of hydrazone groups is 1. The van der Waals surface area contributed by atoms with Gasteiger partial charge in [-0.3, -0.25) is 0 Å². The summed E-state index contributed by atoms with van der Waals surface area (Å²) in [6.45, 7) is 6.69. The van der Waals surface area contributed by atoms with Gasteiger partial charge in [0.2, 0.25) is 0 Å². The van der Waals surface area contributed by atoms with Gasteiger partial charge in [-0.1, -0.05) is 37.1 Å². The van der Waals surface area contributed by atoms with Crippen LogP contribution in [-0.4, -0.2) is 12.2 Å². The molecule has 110 valence electrons. The number of hydrogen-bond acceptors (Lipinski definition) is 2. The molecular formula is C15H22ClN3O. The third kappa shape index (κ3) is 5.21. The molecule has 0 aromatic rings. The van der Waals surface area contributed by atoms with Crippen molar-refractivity contribution < 1.29 is 4.79 Å². The van der Waals surface area contributed by atoms with E-state index in [1.54, 1.807) is 6.08 Å². The first kappa shape index (κ1) is 16.5. The quantitative estimate of drug-likeness (QED) is 0.462. The minimum Gasteiger partial charge on any atom is -0.350 e. The molecule has 0 atom stereocenters. The second kappa shape index (κ2) is 7.29. The van der Waals surface area contributed by atoms with Crippen molar-refractivity contribution in [1.82, 2.24) is 5.43 Å². The van der Waals surface area contributed by atoms with E-state index in [0.717, 1.165) is 6.42 Å². The second-order valence-electron chi connectivity index (χ2n) is 5.57. The fourth-order valence-electron chi connectivity index (χ4n) is 2.44. The van der Waals surface area contributed by atoms with Crippen molar-refractivity contribution >= 4 is 23.8 Å². The van der Waals surface area contributed by atoms with E-state index < -0.39 is 6.03 Å². The summed E-state index contributed by atoms with van der Waals surface area (Å²) in [6.07, 6.45) is 10.5. The van der Waals surface area contributed by atoms with Gasteiger partial charge in [0.05, 0.1) is 0 Å². The normalized spacial score (nSPS) is 19.9. The summed E-state index contributed by atoms with van der Waals surface area (Å²) in [5, 5.41) is 4.14. The molecule has 0 aliphatic heterocycles. The van der Waals surface area contributed by atoms with Gasteiger partial charge >= 0.3 is 6.03 Å². The summed E-state index contributed by atoms with van der Waals surface area (Å²) in [4.78, 5) is 10.4. The van der Waals surface area contributed by atoms with Crippen LogP contribution >= 0.6 is 11.6 Å². The van der Waals surface area contributed by atoms with Crippen LogP contribution in [0.3, 0.4) is 0 Å². The van der Waals surface area contributed by atoms with Gasteiger partial charge in [-0.15, -0.1) is 0 Å². The topological polar surface area (TPSA) is 67.5 Å². The highest BCUT2D eigenvalue weighted by Crippen LogP contribution is 2.40. The average Bonchev–Trinajstić information content (AvgIpc) is 2.33. The van der Waals surface area contributed by atoms with Crippen LogP contribution in [0.25, 0.3) is 0 Å². The van der Waals surface area contributed by atoms with Crippen molar-refractivity contribution in [3.63, 3.8) is 0 Å². The molecule has 0 spiro atoms. The third-order valence-electron chi connectivity index (χ3n) is 3.43. The van der Waals surface area contributed by atoms with Crippen molar-refractivity contribution in [3.05, 3.63) is 34.4 Å². The van der Waals surface area contributed by atoms with Crippen molar-refractivity contribution in [2.24, 2.45) is 16.3 Å². The summed E-state index contributed by atoms with van der Waals surface area (Å²) in [5.74, 6) is 0. The predicted octanol–water partition coefficient (Wildman–Crippen LogP) is 3.85. The molecule has 2 amide bonds. The van der Waals surface area contributed by atoms with E-state index in [-0.39, 0.29) is 5.41 Å². The maximum atomic E-state index is 10.4. The number of nitrogens with one attached hydrogen (secondary N) is 1. The predicted molar refractivity (Wildman–Crippen MR) is 84.6 cm³/mol. The highest BCUT2D eigenvalue weighted by Gasteiger charge is 2.26. The van der Waals surface area contributed by atoms with Gasteiger partial charge in [0.15, 0.2) is 0 Å². The Balaban J connectivity index is 2.73. The van der Waals surface area contributed by atoms with E-state index in [2.05, 4.69) is 37.4 Å². The zero-order valence-electron chi connectivity index (χ0n) is 12.2. The first-order chi connectivity index (χ1) is 9.33. The van der Waals surface area contributed by atoms with E-state index >= 15 is 0 Å². The summed E-state index contributed by atoms with van der Waals surface area (Å²) >= 11 is 6.07. The van der Waals surface area contributed by atoms with Crippen LogP contribution in [0.1, 0.15) is 40.0 Å². The number of primary amides is 1. The molecule has 0 radical (unpaired) electrons. The Morgan fingerprint density at radius 3 is 2.80 bits per heavy atom. The van der Waals surface area contributed by atoms with Crippen LogP contribution in [0.2, 0.25) is 0 Å². The minimum absolute atomic E-state index is 0.192. The first-order valence-electron chi connectivity index (χ1n) is 6.65. The van der Waals surface area contributed by atoms with Gasteiger partial charge in [0.1, 0.15) is 0 Å². The molecule has 1 aliphatic rings. The second-order valence-corrected chi connectivity index (χ2v) is 6.01. The molecule has 3 N–H and O–H groups in total. The number of carbonyl (C=O) groups excluding carboxylic acids is 1. The Hall–Kier alpha value is -1.55. The van der Waals surface area contributed by atoms with E-state index in [9.17, 15) is 4.79 Å². The Morgan fingerprint density at radius 1 is 1.50 bits per heavy atom. The summed E-state index contributed by atoms with van der Waals surface area (Å²) in [6, 6.07) is -0.703. The molecule has 5 heteroatoms. The Labute approximate surface area is 125 Å². The molecule has 0 fully saturated rings. The van der Waals surface area contributed by atoms with Gasteiger partial charge in [-0.05, 0) is 49.3 Å². The first-order valence-corrected chi connectivity index (χ1v) is 7.03. The fourth-order valence-corrected chi connectivity index (χ4v) is 2.56. The largest absolute Gasteiger partial charge is 0.350 e. The van der Waals surface area contributed by atoms with Crippen LogP contribution in [-0.2, 0) is 0 Å². The summed E-state index contributed by atoms with van der Waals surface area (Å²) in [5.41, 5.74) is 9.94. The molecule has 4 nitrogen and oxygen atoms in total. The van der Waals surface area contributed by atoms with Crippen LogP contribution in [0.5, 0.6) is 0 Å². The molecule has 20 heavy (non-hydrogen) atoms.